The maximum Gasteiger partial charge on any atom is 0.250 e. The van der Waals surface area contributed by atoms with Gasteiger partial charge in [-0.2, -0.15) is 0 Å². The number of nitrogens with zero attached hydrogens (tertiary/aromatic N) is 1. The van der Waals surface area contributed by atoms with Gasteiger partial charge < -0.3 is 5.32 Å². The largest absolute Gasteiger partial charge is 0.342 e. The van der Waals surface area contributed by atoms with Crippen molar-refractivity contribution >= 4 is 33.4 Å². The van der Waals surface area contributed by atoms with Crippen molar-refractivity contribution < 1.29 is 14.0 Å². The Hall–Kier alpha value is -1.43. The number of hydrogen-bond donors (Lipinski definition) is 1. The molecule has 0 radical (unpaired) electrons. The van der Waals surface area contributed by atoms with E-state index in [0.717, 1.165) is 12.8 Å². The highest BCUT2D eigenvalue weighted by molar-refractivity contribution is 9.10. The highest BCUT2D eigenvalue weighted by Gasteiger charge is 2.46. The van der Waals surface area contributed by atoms with Crippen LogP contribution in [0.4, 0.5) is 10.1 Å². The molecule has 4 nitrogen and oxygen atoms in total. The molecule has 1 heterocycles. The molecule has 1 N–H and O–H groups in total. The molecule has 0 spiro atoms. The highest BCUT2D eigenvalue weighted by atomic mass is 79.9. The van der Waals surface area contributed by atoms with Gasteiger partial charge in [-0.15, -0.1) is 0 Å². The number of amides is 2. The van der Waals surface area contributed by atoms with Crippen LogP contribution in [0.2, 0.25) is 0 Å². The van der Waals surface area contributed by atoms with Crippen LogP contribution in [0.5, 0.6) is 0 Å². The van der Waals surface area contributed by atoms with Gasteiger partial charge in [0.15, 0.2) is 0 Å². The number of anilines is 1. The summed E-state index contributed by atoms with van der Waals surface area (Å²) in [5, 5.41) is 2.82. The van der Waals surface area contributed by atoms with Gasteiger partial charge in [-0.1, -0.05) is 6.92 Å². The summed E-state index contributed by atoms with van der Waals surface area (Å²) in [7, 11) is 0. The van der Waals surface area contributed by atoms with E-state index in [0.29, 0.717) is 16.6 Å². The Morgan fingerprint density at radius 1 is 1.38 bits per heavy atom. The summed E-state index contributed by atoms with van der Waals surface area (Å²) in [5.74, 6) is -0.505. The summed E-state index contributed by atoms with van der Waals surface area (Å²) in [6.45, 7) is 1.84. The summed E-state index contributed by atoms with van der Waals surface area (Å²) in [4.78, 5) is 26.4. The molecule has 2 fully saturated rings. The van der Waals surface area contributed by atoms with Gasteiger partial charge in [-0.05, 0) is 59.3 Å². The van der Waals surface area contributed by atoms with Gasteiger partial charge in [0.05, 0.1) is 4.47 Å². The van der Waals surface area contributed by atoms with E-state index in [1.54, 1.807) is 12.1 Å². The van der Waals surface area contributed by atoms with Crippen LogP contribution in [0.1, 0.15) is 26.2 Å². The van der Waals surface area contributed by atoms with Crippen LogP contribution in [0.25, 0.3) is 0 Å². The van der Waals surface area contributed by atoms with Gasteiger partial charge in [0, 0.05) is 5.69 Å². The lowest BCUT2D eigenvalue weighted by atomic mass is 10.0. The number of rotatable bonds is 3. The van der Waals surface area contributed by atoms with E-state index in [2.05, 4.69) is 21.2 Å². The van der Waals surface area contributed by atoms with Crippen LogP contribution in [0.3, 0.4) is 0 Å². The van der Waals surface area contributed by atoms with E-state index >= 15 is 0 Å². The molecule has 21 heavy (non-hydrogen) atoms. The molecule has 3 rings (SSSR count). The topological polar surface area (TPSA) is 49.4 Å². The number of hydrogen-bond acceptors (Lipinski definition) is 2. The van der Waals surface area contributed by atoms with Gasteiger partial charge in [0.1, 0.15) is 17.9 Å². The molecular weight excluding hydrogens is 339 g/mol. The second kappa shape index (κ2) is 5.40. The number of nitrogens with one attached hydrogen (secondary N) is 1. The van der Waals surface area contributed by atoms with Gasteiger partial charge in [-0.3, -0.25) is 14.5 Å². The molecule has 0 bridgehead atoms. The summed E-state index contributed by atoms with van der Waals surface area (Å²) in [6.07, 6.45) is 2.40. The maximum atomic E-state index is 13.8. The Kier molecular flexibility index (Phi) is 3.73. The van der Waals surface area contributed by atoms with Crippen molar-refractivity contribution in [1.29, 1.82) is 0 Å². The Bertz CT molecular complexity index is 603. The summed E-state index contributed by atoms with van der Waals surface area (Å²) in [6, 6.07) is 3.48. The molecule has 2 amide bonds. The zero-order valence-corrected chi connectivity index (χ0v) is 13.2. The Morgan fingerprint density at radius 3 is 2.67 bits per heavy atom. The average molecular weight is 355 g/mol. The molecule has 1 aliphatic heterocycles. The zero-order valence-electron chi connectivity index (χ0n) is 11.6. The number of piperazine rings is 1. The molecule has 1 saturated carbocycles. The first-order valence-electron chi connectivity index (χ1n) is 7.11. The Labute approximate surface area is 130 Å². The normalized spacial score (nSPS) is 26.0. The lowest BCUT2D eigenvalue weighted by Gasteiger charge is -2.38. The van der Waals surface area contributed by atoms with E-state index in [9.17, 15) is 14.0 Å². The molecule has 2 aliphatic rings. The first kappa shape index (κ1) is 14.5. The van der Waals surface area contributed by atoms with E-state index in [1.807, 2.05) is 6.92 Å². The van der Waals surface area contributed by atoms with Crippen molar-refractivity contribution in [3.05, 3.63) is 28.5 Å². The van der Waals surface area contributed by atoms with Gasteiger partial charge in [-0.25, -0.2) is 4.39 Å². The smallest absolute Gasteiger partial charge is 0.250 e. The van der Waals surface area contributed by atoms with Crippen LogP contribution in [0.15, 0.2) is 22.7 Å². The van der Waals surface area contributed by atoms with Gasteiger partial charge in [0.2, 0.25) is 5.91 Å². The fraction of sp³-hybridized carbons (Fsp3) is 0.467. The van der Waals surface area contributed by atoms with Crippen LogP contribution >= 0.6 is 15.9 Å². The van der Waals surface area contributed by atoms with E-state index in [1.165, 1.54) is 11.0 Å². The van der Waals surface area contributed by atoms with Crippen LogP contribution in [-0.2, 0) is 9.59 Å². The minimum Gasteiger partial charge on any atom is -0.342 e. The third-order valence-corrected chi connectivity index (χ3v) is 4.72. The second-order valence-corrected chi connectivity index (χ2v) is 6.41. The molecule has 2 atom stereocenters. The van der Waals surface area contributed by atoms with Crippen molar-refractivity contribution in [2.24, 2.45) is 5.92 Å². The predicted octanol–water partition coefficient (Wildman–Crippen LogP) is 2.61. The van der Waals surface area contributed by atoms with Gasteiger partial charge in [0.25, 0.3) is 5.91 Å². The maximum absolute atomic E-state index is 13.8. The van der Waals surface area contributed by atoms with Gasteiger partial charge >= 0.3 is 0 Å². The van der Waals surface area contributed by atoms with Crippen molar-refractivity contribution in [2.45, 2.75) is 38.3 Å². The number of benzene rings is 1. The Balaban J connectivity index is 1.99. The lowest BCUT2D eigenvalue weighted by molar-refractivity contribution is -0.134. The molecule has 0 aromatic heterocycles. The van der Waals surface area contributed by atoms with E-state index in [4.69, 9.17) is 0 Å². The fourth-order valence-electron chi connectivity index (χ4n) is 2.79. The average Bonchev–Trinajstić information content (AvgIpc) is 3.28. The lowest BCUT2D eigenvalue weighted by Crippen LogP contribution is -2.64. The first-order chi connectivity index (χ1) is 10.0. The van der Waals surface area contributed by atoms with E-state index < -0.39 is 17.9 Å². The molecule has 6 heteroatoms. The SMILES string of the molecule is CCC1C(=O)NC(C2CC2)C(=O)N1c1ccc(Br)c(F)c1. The second-order valence-electron chi connectivity index (χ2n) is 5.55. The molecule has 1 aliphatic carbocycles. The minimum atomic E-state index is -0.576. The third kappa shape index (κ3) is 2.57. The quantitative estimate of drug-likeness (QED) is 0.906. The summed E-state index contributed by atoms with van der Waals surface area (Å²) < 4.78 is 14.1. The van der Waals surface area contributed by atoms with E-state index in [-0.39, 0.29) is 17.7 Å². The molecule has 2 unspecified atom stereocenters. The third-order valence-electron chi connectivity index (χ3n) is 4.08. The fourth-order valence-corrected chi connectivity index (χ4v) is 3.04. The van der Waals surface area contributed by atoms with Crippen molar-refractivity contribution in [3.8, 4) is 0 Å². The molecular formula is C15H16BrFN2O2. The predicted molar refractivity (Wildman–Crippen MR) is 80.3 cm³/mol. The molecule has 1 aromatic carbocycles. The minimum absolute atomic E-state index is 0.134. The monoisotopic (exact) mass is 354 g/mol. The molecule has 1 aromatic rings. The van der Waals surface area contributed by atoms with Crippen molar-refractivity contribution in [2.75, 3.05) is 4.90 Å². The van der Waals surface area contributed by atoms with Crippen molar-refractivity contribution in [1.82, 2.24) is 5.32 Å². The van der Waals surface area contributed by atoms with Crippen LogP contribution in [-0.4, -0.2) is 23.9 Å². The zero-order chi connectivity index (χ0) is 15.1. The van der Waals surface area contributed by atoms with Crippen LogP contribution < -0.4 is 10.2 Å². The standard InChI is InChI=1S/C15H16BrFN2O2/c1-2-12-14(20)18-13(8-3-4-8)15(21)19(12)9-5-6-10(16)11(17)7-9/h5-8,12-13H,2-4H2,1H3,(H,18,20). The highest BCUT2D eigenvalue weighted by Crippen LogP contribution is 2.37. The van der Waals surface area contributed by atoms with Crippen LogP contribution in [0, 0.1) is 11.7 Å². The molecule has 1 saturated heterocycles. The summed E-state index contributed by atoms with van der Waals surface area (Å²) in [5.41, 5.74) is 0.438. The summed E-state index contributed by atoms with van der Waals surface area (Å²) >= 11 is 3.10. The molecule has 112 valence electrons. The number of carbonyl (C=O) groups is 2. The van der Waals surface area contributed by atoms with Crippen molar-refractivity contribution in [3.63, 3.8) is 0 Å². The number of halogens is 2. The first-order valence-corrected chi connectivity index (χ1v) is 7.90. The Morgan fingerprint density at radius 2 is 2.10 bits per heavy atom. The number of carbonyl (C=O) groups excluding carboxylic acids is 2.